The molecule has 0 fully saturated rings. The van der Waals surface area contributed by atoms with E-state index in [1.807, 2.05) is 30.3 Å². The standard InChI is InChI=1S/C17H17ClN4O/c1-20-11-14(9-19)17(23)22-16-6-5-13(10-21-16)7-12-3-2-4-15(18)8-12/h2-6,8-11H,7,19H2,1H3,(H,21,22,23). The van der Waals surface area contributed by atoms with Crippen molar-refractivity contribution in [2.75, 3.05) is 12.4 Å². The van der Waals surface area contributed by atoms with Gasteiger partial charge in [0.05, 0.1) is 5.57 Å². The summed E-state index contributed by atoms with van der Waals surface area (Å²) in [6.45, 7) is 0. The number of nitrogens with zero attached hydrogens (tertiary/aromatic N) is 2. The number of nitrogens with one attached hydrogen (secondary N) is 1. The van der Waals surface area contributed by atoms with E-state index in [-0.39, 0.29) is 11.5 Å². The number of carbonyl (C=O) groups excluding carboxylic acids is 1. The van der Waals surface area contributed by atoms with Crippen molar-refractivity contribution in [2.45, 2.75) is 6.42 Å². The maximum Gasteiger partial charge on any atom is 0.259 e. The number of carbonyl (C=O) groups is 1. The number of rotatable bonds is 5. The van der Waals surface area contributed by atoms with Gasteiger partial charge in [0.25, 0.3) is 5.91 Å². The van der Waals surface area contributed by atoms with E-state index in [1.54, 1.807) is 19.3 Å². The Morgan fingerprint density at radius 1 is 1.35 bits per heavy atom. The smallest absolute Gasteiger partial charge is 0.259 e. The Hall–Kier alpha value is -2.66. The molecule has 118 valence electrons. The molecule has 0 aliphatic rings. The number of halogens is 1. The fourth-order valence-corrected chi connectivity index (χ4v) is 2.20. The first-order valence-corrected chi connectivity index (χ1v) is 7.35. The van der Waals surface area contributed by atoms with E-state index in [4.69, 9.17) is 17.3 Å². The quantitative estimate of drug-likeness (QED) is 0.654. The lowest BCUT2D eigenvalue weighted by atomic mass is 10.1. The normalized spacial score (nSPS) is 11.7. The molecular weight excluding hydrogens is 312 g/mol. The minimum atomic E-state index is -0.354. The number of benzene rings is 1. The maximum atomic E-state index is 11.9. The van der Waals surface area contributed by atoms with Crippen LogP contribution < -0.4 is 11.1 Å². The van der Waals surface area contributed by atoms with Crippen LogP contribution >= 0.6 is 11.6 Å². The molecule has 0 aliphatic heterocycles. The number of amides is 1. The monoisotopic (exact) mass is 328 g/mol. The molecule has 0 saturated carbocycles. The van der Waals surface area contributed by atoms with Crippen LogP contribution in [-0.2, 0) is 11.2 Å². The zero-order chi connectivity index (χ0) is 16.7. The summed E-state index contributed by atoms with van der Waals surface area (Å²) >= 11 is 5.97. The minimum absolute atomic E-state index is 0.275. The molecule has 0 saturated heterocycles. The largest absolute Gasteiger partial charge is 0.404 e. The average Bonchev–Trinajstić information content (AvgIpc) is 2.54. The van der Waals surface area contributed by atoms with Crippen LogP contribution in [0.4, 0.5) is 5.82 Å². The van der Waals surface area contributed by atoms with Crippen molar-refractivity contribution in [1.82, 2.24) is 4.98 Å². The highest BCUT2D eigenvalue weighted by molar-refractivity contribution is 6.30. The fourth-order valence-electron chi connectivity index (χ4n) is 1.99. The Labute approximate surface area is 139 Å². The lowest BCUT2D eigenvalue weighted by molar-refractivity contribution is -0.112. The molecule has 6 heteroatoms. The molecule has 1 aromatic heterocycles. The van der Waals surface area contributed by atoms with E-state index in [0.717, 1.165) is 17.5 Å². The van der Waals surface area contributed by atoms with Gasteiger partial charge in [-0.2, -0.15) is 0 Å². The van der Waals surface area contributed by atoms with Gasteiger partial charge in [0.1, 0.15) is 5.82 Å². The molecule has 2 rings (SSSR count). The van der Waals surface area contributed by atoms with Crippen molar-refractivity contribution in [2.24, 2.45) is 10.7 Å². The lowest BCUT2D eigenvalue weighted by Crippen LogP contribution is -2.17. The average molecular weight is 329 g/mol. The van der Waals surface area contributed by atoms with Gasteiger partial charge in [0.15, 0.2) is 0 Å². The topological polar surface area (TPSA) is 80.4 Å². The number of hydrogen-bond donors (Lipinski definition) is 2. The van der Waals surface area contributed by atoms with Crippen LogP contribution in [0.5, 0.6) is 0 Å². The summed E-state index contributed by atoms with van der Waals surface area (Å²) < 4.78 is 0. The van der Waals surface area contributed by atoms with Crippen molar-refractivity contribution in [3.63, 3.8) is 0 Å². The third-order valence-electron chi connectivity index (χ3n) is 3.07. The predicted molar refractivity (Wildman–Crippen MR) is 93.8 cm³/mol. The van der Waals surface area contributed by atoms with Gasteiger partial charge >= 0.3 is 0 Å². The molecule has 1 heterocycles. The molecule has 2 aromatic rings. The first-order valence-electron chi connectivity index (χ1n) is 6.97. The van der Waals surface area contributed by atoms with Crippen molar-refractivity contribution in [1.29, 1.82) is 0 Å². The van der Waals surface area contributed by atoms with Crippen LogP contribution in [-0.4, -0.2) is 24.2 Å². The Bertz CT molecular complexity index is 739. The van der Waals surface area contributed by atoms with E-state index in [2.05, 4.69) is 15.3 Å². The second-order valence-electron chi connectivity index (χ2n) is 4.82. The molecule has 0 aliphatic carbocycles. The predicted octanol–water partition coefficient (Wildman–Crippen LogP) is 2.81. The Morgan fingerprint density at radius 2 is 2.17 bits per heavy atom. The summed E-state index contributed by atoms with van der Waals surface area (Å²) in [5.41, 5.74) is 7.79. The minimum Gasteiger partial charge on any atom is -0.404 e. The summed E-state index contributed by atoms with van der Waals surface area (Å²) in [6, 6.07) is 11.3. The highest BCUT2D eigenvalue weighted by Gasteiger charge is 2.07. The number of nitrogens with two attached hydrogens (primary N) is 1. The third kappa shape index (κ3) is 4.93. The molecule has 0 radical (unpaired) electrons. The fraction of sp³-hybridized carbons (Fsp3) is 0.118. The molecule has 0 spiro atoms. The first-order chi connectivity index (χ1) is 11.1. The number of aromatic nitrogens is 1. The van der Waals surface area contributed by atoms with Gasteiger partial charge in [-0.15, -0.1) is 0 Å². The Balaban J connectivity index is 2.03. The van der Waals surface area contributed by atoms with Gasteiger partial charge < -0.3 is 11.1 Å². The number of pyridine rings is 1. The van der Waals surface area contributed by atoms with Gasteiger partial charge in [0.2, 0.25) is 0 Å². The van der Waals surface area contributed by atoms with Gasteiger partial charge in [0, 0.05) is 30.7 Å². The second-order valence-corrected chi connectivity index (χ2v) is 5.26. The molecule has 0 atom stereocenters. The number of hydrogen-bond acceptors (Lipinski definition) is 4. The third-order valence-corrected chi connectivity index (χ3v) is 3.31. The zero-order valence-corrected chi connectivity index (χ0v) is 13.4. The van der Waals surface area contributed by atoms with Crippen LogP contribution in [0.25, 0.3) is 0 Å². The van der Waals surface area contributed by atoms with E-state index in [0.29, 0.717) is 10.8 Å². The van der Waals surface area contributed by atoms with Gasteiger partial charge in [-0.1, -0.05) is 29.8 Å². The highest BCUT2D eigenvalue weighted by Crippen LogP contribution is 2.15. The summed E-state index contributed by atoms with van der Waals surface area (Å²) in [7, 11) is 1.57. The van der Waals surface area contributed by atoms with E-state index in [9.17, 15) is 4.79 Å². The van der Waals surface area contributed by atoms with Gasteiger partial charge in [-0.3, -0.25) is 9.79 Å². The summed E-state index contributed by atoms with van der Waals surface area (Å²) in [6.07, 6.45) is 5.03. The molecule has 0 bridgehead atoms. The summed E-state index contributed by atoms with van der Waals surface area (Å²) in [4.78, 5) is 20.0. The van der Waals surface area contributed by atoms with E-state index in [1.165, 1.54) is 12.4 Å². The van der Waals surface area contributed by atoms with Gasteiger partial charge in [-0.25, -0.2) is 4.98 Å². The lowest BCUT2D eigenvalue weighted by Gasteiger charge is -2.06. The molecular formula is C17H17ClN4O. The SMILES string of the molecule is CN=CC(=CN)C(=O)Nc1ccc(Cc2cccc(Cl)c2)cn1. The Kier molecular flexibility index (Phi) is 5.88. The van der Waals surface area contributed by atoms with Crippen LogP contribution in [0.1, 0.15) is 11.1 Å². The van der Waals surface area contributed by atoms with Crippen molar-refractivity contribution < 1.29 is 4.79 Å². The number of aliphatic imine (C=N–C) groups is 1. The Morgan fingerprint density at radius 3 is 2.78 bits per heavy atom. The molecule has 1 aromatic carbocycles. The van der Waals surface area contributed by atoms with Crippen LogP contribution in [0, 0.1) is 0 Å². The maximum absolute atomic E-state index is 11.9. The van der Waals surface area contributed by atoms with Crippen molar-refractivity contribution in [3.05, 3.63) is 70.5 Å². The van der Waals surface area contributed by atoms with E-state index < -0.39 is 0 Å². The van der Waals surface area contributed by atoms with E-state index >= 15 is 0 Å². The van der Waals surface area contributed by atoms with Crippen molar-refractivity contribution >= 4 is 29.5 Å². The molecule has 0 unspecified atom stereocenters. The van der Waals surface area contributed by atoms with Crippen LogP contribution in [0.2, 0.25) is 5.02 Å². The van der Waals surface area contributed by atoms with Crippen molar-refractivity contribution in [3.8, 4) is 0 Å². The first kappa shape index (κ1) is 16.7. The molecule has 1 amide bonds. The zero-order valence-electron chi connectivity index (χ0n) is 12.7. The highest BCUT2D eigenvalue weighted by atomic mass is 35.5. The second kappa shape index (κ2) is 8.10. The molecule has 3 N–H and O–H groups in total. The molecule has 23 heavy (non-hydrogen) atoms. The summed E-state index contributed by atoms with van der Waals surface area (Å²) in [5.74, 6) is 0.0990. The molecule has 5 nitrogen and oxygen atoms in total. The van der Waals surface area contributed by atoms with Gasteiger partial charge in [-0.05, 0) is 35.7 Å². The van der Waals surface area contributed by atoms with Crippen LogP contribution in [0.15, 0.2) is 59.4 Å². The van der Waals surface area contributed by atoms with Crippen LogP contribution in [0.3, 0.4) is 0 Å². The number of anilines is 1. The summed E-state index contributed by atoms with van der Waals surface area (Å²) in [5, 5.41) is 3.37.